The first-order valence-electron chi connectivity index (χ1n) is 45.3. The van der Waals surface area contributed by atoms with Gasteiger partial charge in [0.25, 0.3) is 0 Å². The molecule has 626 valence electrons. The van der Waals surface area contributed by atoms with E-state index in [2.05, 4.69) is 377 Å². The highest BCUT2D eigenvalue weighted by Gasteiger charge is 2.40. The van der Waals surface area contributed by atoms with E-state index in [4.69, 9.17) is 34.9 Å². The van der Waals surface area contributed by atoms with Crippen molar-refractivity contribution in [3.05, 3.63) is 458 Å². The predicted molar refractivity (Wildman–Crippen MR) is 543 cm³/mol. The van der Waals surface area contributed by atoms with Gasteiger partial charge >= 0.3 is 0 Å². The van der Waals surface area contributed by atoms with E-state index in [0.29, 0.717) is 23.3 Å². The first-order chi connectivity index (χ1) is 64.7. The van der Waals surface area contributed by atoms with Crippen LogP contribution in [-0.4, -0.2) is 48.6 Å². The van der Waals surface area contributed by atoms with E-state index in [-0.39, 0.29) is 16.2 Å². The fourth-order valence-corrected chi connectivity index (χ4v) is 21.0. The van der Waals surface area contributed by atoms with Gasteiger partial charge in [0.1, 0.15) is 5.82 Å². The Kier molecular flexibility index (Phi) is 18.7. The molecule has 0 saturated heterocycles. The van der Waals surface area contributed by atoms with Gasteiger partial charge in [-0.3, -0.25) is 4.57 Å². The molecule has 26 rings (SSSR count). The Hall–Kier alpha value is -16.7. The number of aromatic nitrogens is 10. The van der Waals surface area contributed by atoms with Crippen LogP contribution < -0.4 is 0 Å². The summed E-state index contributed by atoms with van der Waals surface area (Å²) in [5.41, 5.74) is 36.4. The number of nitrogens with zero attached hydrogens (tertiary/aromatic N) is 10. The molecule has 10 heteroatoms. The van der Waals surface area contributed by atoms with Gasteiger partial charge in [-0.05, 0) is 168 Å². The van der Waals surface area contributed by atoms with Crippen molar-refractivity contribution in [1.82, 2.24) is 48.6 Å². The molecule has 0 fully saturated rings. The lowest BCUT2D eigenvalue weighted by Crippen LogP contribution is -2.14. The molecule has 3 aliphatic rings. The monoisotopic (exact) mass is 1690 g/mol. The maximum atomic E-state index is 5.41. The minimum Gasteiger partial charge on any atom is -0.309 e. The van der Waals surface area contributed by atoms with Crippen LogP contribution in [0.5, 0.6) is 0 Å². The molecular formula is C122H88N10. The second kappa shape index (κ2) is 31.4. The molecule has 132 heavy (non-hydrogen) atoms. The molecule has 3 aliphatic carbocycles. The molecule has 0 aliphatic heterocycles. The molecule has 0 N–H and O–H groups in total. The lowest BCUT2D eigenvalue weighted by atomic mass is 9.82. The number of fused-ring (bicyclic) bond motifs is 18. The standard InChI is InChI=1S/C49H35N3.C42H30N4.C31H23N3/c1-49(2)42-25-11-9-23-38(42)40-30-46-41(29-43(40)49)39-24-10-12-26-45(39)52(46)47-31-44(36-21-13-19-34(27-36)32-15-5-3-6-16-32)50-48(51-47)37-22-14-20-35(28-37)33-17-7-4-8-18-33;1-42(2)35-22-11-9-20-31(35)33-26-38-34(25-36(33)42)32-21-10-12-23-37(32)46(38)30-19-13-18-29(24-30)41-44-39(27-14-5-3-6-15-27)43-40(45-41)28-16-7-4-8-17-28;1-31(2)26-14-8-6-12-22(26)24-17-29-25(16-27(24)31)23-13-7-9-15-28(23)34(29)21-18-32-30(33-19-21)20-10-4-3-5-11-20/h3-31H,1-2H3;3-26H,1-2H3;3-19H,1-2H3. The zero-order valence-electron chi connectivity index (χ0n) is 73.9. The lowest BCUT2D eigenvalue weighted by molar-refractivity contribution is 0.661. The van der Waals surface area contributed by atoms with Crippen LogP contribution in [-0.2, 0) is 16.2 Å². The summed E-state index contributed by atoms with van der Waals surface area (Å²) in [6, 6.07) is 146. The molecule has 0 saturated carbocycles. The van der Waals surface area contributed by atoms with Crippen LogP contribution >= 0.6 is 0 Å². The summed E-state index contributed by atoms with van der Waals surface area (Å²) in [6.45, 7) is 14.0. The summed E-state index contributed by atoms with van der Waals surface area (Å²) < 4.78 is 7.03. The SMILES string of the molecule is CC1(C)c2ccccc2-c2cc3c(cc21)c1ccccc1n3-c1cc(-c2cccc(-c3ccccc3)c2)nc(-c2cccc(-c3ccccc3)c2)n1.CC1(C)c2ccccc2-c2cc3c(cc21)c1ccccc1n3-c1cccc(-c2nc(-c3ccccc3)nc(-c3ccccc3)n2)c1.CC1(C)c2ccccc2-c2cc3c(cc21)c1ccccc1n3-c1cnc(-c2ccccc2)nc1. The average molecular weight is 1690 g/mol. The highest BCUT2D eigenvalue weighted by atomic mass is 15.1. The molecule has 6 aromatic heterocycles. The van der Waals surface area contributed by atoms with Gasteiger partial charge in [0.15, 0.2) is 29.1 Å². The van der Waals surface area contributed by atoms with Crippen LogP contribution in [0, 0.1) is 0 Å². The first-order valence-corrected chi connectivity index (χ1v) is 45.3. The van der Waals surface area contributed by atoms with Gasteiger partial charge in [0.05, 0.1) is 56.9 Å². The van der Waals surface area contributed by atoms with Crippen LogP contribution in [0.25, 0.3) is 206 Å². The fourth-order valence-electron chi connectivity index (χ4n) is 21.0. The maximum absolute atomic E-state index is 5.41. The van der Waals surface area contributed by atoms with Crippen LogP contribution in [0.15, 0.2) is 425 Å². The van der Waals surface area contributed by atoms with E-state index in [1.54, 1.807) is 0 Å². The van der Waals surface area contributed by atoms with Crippen molar-refractivity contribution in [3.63, 3.8) is 0 Å². The highest BCUT2D eigenvalue weighted by molar-refractivity contribution is 6.14. The normalized spacial score (nSPS) is 13.3. The number of benzene rings is 17. The number of para-hydroxylation sites is 3. The maximum Gasteiger partial charge on any atom is 0.164 e. The lowest BCUT2D eigenvalue weighted by Gasteiger charge is -2.21. The Morgan fingerprint density at radius 1 is 0.182 bits per heavy atom. The summed E-state index contributed by atoms with van der Waals surface area (Å²) in [6.07, 6.45) is 3.87. The number of hydrogen-bond donors (Lipinski definition) is 0. The van der Waals surface area contributed by atoms with E-state index in [9.17, 15) is 0 Å². The second-order valence-corrected chi connectivity index (χ2v) is 36.4. The van der Waals surface area contributed by atoms with Crippen LogP contribution in [0.1, 0.15) is 74.9 Å². The van der Waals surface area contributed by atoms with E-state index >= 15 is 0 Å². The Morgan fingerprint density at radius 2 is 0.492 bits per heavy atom. The van der Waals surface area contributed by atoms with Crippen molar-refractivity contribution in [2.45, 2.75) is 57.8 Å². The van der Waals surface area contributed by atoms with Gasteiger partial charge in [-0.1, -0.05) is 369 Å². The Labute approximate surface area is 766 Å². The summed E-state index contributed by atoms with van der Waals surface area (Å²) in [5, 5.41) is 7.47. The number of rotatable bonds is 11. The van der Waals surface area contributed by atoms with Crippen molar-refractivity contribution >= 4 is 65.4 Å². The minimum absolute atomic E-state index is 0.0240. The van der Waals surface area contributed by atoms with Gasteiger partial charge in [-0.25, -0.2) is 34.9 Å². The summed E-state index contributed by atoms with van der Waals surface area (Å²) in [7, 11) is 0. The third-order valence-electron chi connectivity index (χ3n) is 27.6. The molecule has 23 aromatic rings. The van der Waals surface area contributed by atoms with Gasteiger partial charge < -0.3 is 9.13 Å². The van der Waals surface area contributed by atoms with Gasteiger partial charge in [-0.2, -0.15) is 0 Å². The van der Waals surface area contributed by atoms with Crippen molar-refractivity contribution in [2.75, 3.05) is 0 Å². The summed E-state index contributed by atoms with van der Waals surface area (Å²) >= 11 is 0. The van der Waals surface area contributed by atoms with E-state index < -0.39 is 0 Å². The molecule has 0 unspecified atom stereocenters. The van der Waals surface area contributed by atoms with Gasteiger partial charge in [0.2, 0.25) is 0 Å². The van der Waals surface area contributed by atoms with Crippen molar-refractivity contribution in [3.8, 4) is 141 Å². The second-order valence-electron chi connectivity index (χ2n) is 36.4. The van der Waals surface area contributed by atoms with E-state index in [1.807, 2.05) is 103 Å². The Bertz CT molecular complexity index is 8360. The molecule has 6 heterocycles. The fraction of sp³-hybridized carbons (Fsp3) is 0.0738. The molecule has 0 spiro atoms. The third-order valence-corrected chi connectivity index (χ3v) is 27.6. The Morgan fingerprint density at radius 3 is 0.932 bits per heavy atom. The largest absolute Gasteiger partial charge is 0.309 e. The summed E-state index contributed by atoms with van der Waals surface area (Å²) in [4.78, 5) is 35.0. The Balaban J connectivity index is 0.000000112. The van der Waals surface area contributed by atoms with Crippen molar-refractivity contribution < 1.29 is 0 Å². The average Bonchev–Trinajstić information content (AvgIpc) is 1.56. The van der Waals surface area contributed by atoms with Crippen LogP contribution in [0.3, 0.4) is 0 Å². The first kappa shape index (κ1) is 78.8. The number of hydrogen-bond acceptors (Lipinski definition) is 7. The highest BCUT2D eigenvalue weighted by Crippen LogP contribution is 2.55. The molecule has 10 nitrogen and oxygen atoms in total. The summed E-state index contributed by atoms with van der Waals surface area (Å²) in [5.74, 6) is 4.22. The molecule has 0 amide bonds. The van der Waals surface area contributed by atoms with Crippen molar-refractivity contribution in [2.24, 2.45) is 0 Å². The third kappa shape index (κ3) is 13.2. The van der Waals surface area contributed by atoms with E-state index in [1.165, 1.54) is 127 Å². The zero-order chi connectivity index (χ0) is 88.5. The molecule has 0 atom stereocenters. The minimum atomic E-state index is -0.0912. The van der Waals surface area contributed by atoms with E-state index in [0.717, 1.165) is 89.8 Å². The van der Waals surface area contributed by atoms with Crippen LogP contribution in [0.4, 0.5) is 0 Å². The van der Waals surface area contributed by atoms with Crippen LogP contribution in [0.2, 0.25) is 0 Å². The predicted octanol–water partition coefficient (Wildman–Crippen LogP) is 30.4. The van der Waals surface area contributed by atoms with Gasteiger partial charge in [-0.15, -0.1) is 0 Å². The zero-order valence-corrected chi connectivity index (χ0v) is 73.9. The topological polar surface area (TPSA) is 105 Å². The quantitative estimate of drug-likeness (QED) is 0.127. The molecular weight excluding hydrogens is 1610 g/mol. The molecule has 17 aromatic carbocycles. The molecule has 0 bridgehead atoms. The van der Waals surface area contributed by atoms with Crippen molar-refractivity contribution in [1.29, 1.82) is 0 Å². The van der Waals surface area contributed by atoms with Gasteiger partial charge in [0, 0.05) is 93.7 Å². The smallest absolute Gasteiger partial charge is 0.164 e. The molecule has 0 radical (unpaired) electrons.